The van der Waals surface area contributed by atoms with Crippen LogP contribution in [0.25, 0.3) is 5.69 Å². The maximum absolute atomic E-state index is 11.6. The van der Waals surface area contributed by atoms with Crippen molar-refractivity contribution in [1.82, 2.24) is 24.9 Å². The van der Waals surface area contributed by atoms with E-state index in [1.807, 2.05) is 24.3 Å². The van der Waals surface area contributed by atoms with Gasteiger partial charge < -0.3 is 15.3 Å². The summed E-state index contributed by atoms with van der Waals surface area (Å²) < 4.78 is 1.71. The summed E-state index contributed by atoms with van der Waals surface area (Å²) in [6.45, 7) is 3.80. The van der Waals surface area contributed by atoms with E-state index in [0.717, 1.165) is 68.9 Å². The third-order valence-corrected chi connectivity index (χ3v) is 7.06. The number of nitrogens with zero attached hydrogens (tertiary/aromatic N) is 5. The SMILES string of the molecule is O=C(O)CC(CN1CCC(CCc2ccc3c(n2)NCCC3)C1)c1cccc(-n2ccnn2)c1. The van der Waals surface area contributed by atoms with Crippen LogP contribution in [0.3, 0.4) is 0 Å². The van der Waals surface area contributed by atoms with Crippen LogP contribution >= 0.6 is 0 Å². The Bertz CT molecular complexity index is 1120. The summed E-state index contributed by atoms with van der Waals surface area (Å²) in [4.78, 5) is 18.9. The van der Waals surface area contributed by atoms with Crippen LogP contribution in [-0.4, -0.2) is 62.1 Å². The van der Waals surface area contributed by atoms with Crippen molar-refractivity contribution in [3.05, 3.63) is 65.6 Å². The largest absolute Gasteiger partial charge is 0.481 e. The van der Waals surface area contributed by atoms with Crippen molar-refractivity contribution in [3.63, 3.8) is 0 Å². The van der Waals surface area contributed by atoms with Crippen LogP contribution in [0.1, 0.15) is 48.4 Å². The van der Waals surface area contributed by atoms with Crippen LogP contribution in [0.5, 0.6) is 0 Å². The number of hydrogen-bond acceptors (Lipinski definition) is 6. The molecule has 0 amide bonds. The first-order valence-electron chi connectivity index (χ1n) is 12.3. The predicted molar refractivity (Wildman–Crippen MR) is 130 cm³/mol. The molecule has 8 heteroatoms. The summed E-state index contributed by atoms with van der Waals surface area (Å²) in [5.41, 5.74) is 4.43. The molecule has 0 bridgehead atoms. The molecule has 1 aromatic carbocycles. The summed E-state index contributed by atoms with van der Waals surface area (Å²) in [5.74, 6) is 0.867. The van der Waals surface area contributed by atoms with E-state index >= 15 is 0 Å². The minimum absolute atomic E-state index is 0.0619. The van der Waals surface area contributed by atoms with E-state index in [1.165, 1.54) is 17.7 Å². The van der Waals surface area contributed by atoms with Gasteiger partial charge in [0.25, 0.3) is 0 Å². The Hall–Kier alpha value is -3.26. The molecule has 2 atom stereocenters. The molecule has 2 N–H and O–H groups in total. The standard InChI is InChI=1S/C26H32N6O2/c33-25(34)16-22(21-3-1-5-24(15-21)32-14-12-28-30-32)18-31-13-10-19(17-31)6-8-23-9-7-20-4-2-11-27-26(20)29-23/h1,3,5,7,9,12,14-15,19,22H,2,4,6,8,10-11,13,16-18H2,(H,27,29)(H,33,34). The average Bonchev–Trinajstić information content (AvgIpc) is 3.55. The van der Waals surface area contributed by atoms with E-state index in [9.17, 15) is 9.90 Å². The molecular formula is C26H32N6O2. The molecule has 34 heavy (non-hydrogen) atoms. The monoisotopic (exact) mass is 460 g/mol. The lowest BCUT2D eigenvalue weighted by atomic mass is 9.94. The number of carboxylic acids is 1. The lowest BCUT2D eigenvalue weighted by Gasteiger charge is -2.23. The second-order valence-electron chi connectivity index (χ2n) is 9.53. The van der Waals surface area contributed by atoms with Crippen molar-refractivity contribution in [2.75, 3.05) is 31.5 Å². The molecule has 1 saturated heterocycles. The van der Waals surface area contributed by atoms with E-state index in [2.05, 4.69) is 32.7 Å². The number of hydrogen-bond donors (Lipinski definition) is 2. The molecule has 0 spiro atoms. The number of pyridine rings is 1. The third-order valence-electron chi connectivity index (χ3n) is 7.06. The summed E-state index contributed by atoms with van der Waals surface area (Å²) >= 11 is 0. The maximum Gasteiger partial charge on any atom is 0.304 e. The van der Waals surface area contributed by atoms with Gasteiger partial charge in [-0.25, -0.2) is 9.67 Å². The average molecular weight is 461 g/mol. The second-order valence-corrected chi connectivity index (χ2v) is 9.53. The molecule has 2 aliphatic rings. The highest BCUT2D eigenvalue weighted by atomic mass is 16.4. The predicted octanol–water partition coefficient (Wildman–Crippen LogP) is 3.53. The van der Waals surface area contributed by atoms with E-state index < -0.39 is 5.97 Å². The van der Waals surface area contributed by atoms with Gasteiger partial charge in [0, 0.05) is 31.2 Å². The van der Waals surface area contributed by atoms with Crippen molar-refractivity contribution < 1.29 is 9.90 Å². The highest BCUT2D eigenvalue weighted by Crippen LogP contribution is 2.28. The Kier molecular flexibility index (Phi) is 6.85. The number of aromatic nitrogens is 4. The number of carboxylic acid groups (broad SMARTS) is 1. The van der Waals surface area contributed by atoms with E-state index in [0.29, 0.717) is 5.92 Å². The van der Waals surface area contributed by atoms with Gasteiger partial charge in [0.15, 0.2) is 0 Å². The Morgan fingerprint density at radius 1 is 1.26 bits per heavy atom. The zero-order valence-electron chi connectivity index (χ0n) is 19.4. The molecular weight excluding hydrogens is 428 g/mol. The Balaban J connectivity index is 1.19. The number of carbonyl (C=O) groups is 1. The number of aliphatic carboxylic acids is 1. The summed E-state index contributed by atoms with van der Waals surface area (Å²) in [7, 11) is 0. The van der Waals surface area contributed by atoms with Gasteiger partial charge in [-0.2, -0.15) is 0 Å². The van der Waals surface area contributed by atoms with Crippen molar-refractivity contribution >= 4 is 11.8 Å². The highest BCUT2D eigenvalue weighted by Gasteiger charge is 2.27. The van der Waals surface area contributed by atoms with Crippen LogP contribution in [-0.2, 0) is 17.6 Å². The first kappa shape index (κ1) is 22.5. The minimum atomic E-state index is -0.765. The van der Waals surface area contributed by atoms with Crippen molar-refractivity contribution in [1.29, 1.82) is 0 Å². The van der Waals surface area contributed by atoms with Gasteiger partial charge in [0.2, 0.25) is 0 Å². The molecule has 3 aromatic rings. The molecule has 178 valence electrons. The second kappa shape index (κ2) is 10.3. The molecule has 8 nitrogen and oxygen atoms in total. The smallest absolute Gasteiger partial charge is 0.304 e. The van der Waals surface area contributed by atoms with Gasteiger partial charge in [-0.3, -0.25) is 4.79 Å². The lowest BCUT2D eigenvalue weighted by Crippen LogP contribution is -2.28. The number of fused-ring (bicyclic) bond motifs is 1. The zero-order chi connectivity index (χ0) is 23.3. The Labute approximate surface area is 200 Å². The van der Waals surface area contributed by atoms with Crippen LogP contribution in [0.2, 0.25) is 0 Å². The maximum atomic E-state index is 11.6. The van der Waals surface area contributed by atoms with Gasteiger partial charge in [0.05, 0.1) is 24.5 Å². The number of likely N-dealkylation sites (tertiary alicyclic amines) is 1. The fraction of sp³-hybridized carbons (Fsp3) is 0.462. The molecule has 5 rings (SSSR count). The van der Waals surface area contributed by atoms with Crippen LogP contribution in [0.4, 0.5) is 5.82 Å². The fourth-order valence-corrected chi connectivity index (χ4v) is 5.25. The van der Waals surface area contributed by atoms with Gasteiger partial charge >= 0.3 is 5.97 Å². The van der Waals surface area contributed by atoms with E-state index in [4.69, 9.17) is 4.98 Å². The number of aryl methyl sites for hydroxylation is 2. The van der Waals surface area contributed by atoms with Gasteiger partial charge in [-0.1, -0.05) is 23.4 Å². The summed E-state index contributed by atoms with van der Waals surface area (Å²) in [6, 6.07) is 12.4. The highest BCUT2D eigenvalue weighted by molar-refractivity contribution is 5.68. The van der Waals surface area contributed by atoms with Gasteiger partial charge in [0.1, 0.15) is 5.82 Å². The van der Waals surface area contributed by atoms with E-state index in [1.54, 1.807) is 17.1 Å². The van der Waals surface area contributed by atoms with Crippen molar-refractivity contribution in [2.45, 2.75) is 44.4 Å². The van der Waals surface area contributed by atoms with Crippen molar-refractivity contribution in [2.24, 2.45) is 5.92 Å². The van der Waals surface area contributed by atoms with Gasteiger partial charge in [-0.15, -0.1) is 5.10 Å². The molecule has 2 aliphatic heterocycles. The molecule has 0 saturated carbocycles. The van der Waals surface area contributed by atoms with Crippen LogP contribution in [0, 0.1) is 5.92 Å². The molecule has 1 fully saturated rings. The molecule has 2 unspecified atom stereocenters. The normalized spacial score (nSPS) is 18.9. The van der Waals surface area contributed by atoms with Gasteiger partial charge in [-0.05, 0) is 73.9 Å². The third kappa shape index (κ3) is 5.44. The number of benzene rings is 1. The molecule has 0 radical (unpaired) electrons. The quantitative estimate of drug-likeness (QED) is 0.504. The molecule has 0 aliphatic carbocycles. The Morgan fingerprint density at radius 3 is 3.06 bits per heavy atom. The number of anilines is 1. The molecule has 4 heterocycles. The van der Waals surface area contributed by atoms with Crippen LogP contribution in [0.15, 0.2) is 48.8 Å². The number of nitrogens with one attached hydrogen (secondary N) is 1. The minimum Gasteiger partial charge on any atom is -0.481 e. The Morgan fingerprint density at radius 2 is 2.21 bits per heavy atom. The lowest BCUT2D eigenvalue weighted by molar-refractivity contribution is -0.137. The fourth-order valence-electron chi connectivity index (χ4n) is 5.25. The topological polar surface area (TPSA) is 96.2 Å². The number of rotatable bonds is 9. The zero-order valence-corrected chi connectivity index (χ0v) is 19.4. The molecule has 2 aromatic heterocycles. The summed E-state index contributed by atoms with van der Waals surface area (Å²) in [6.07, 6.45) is 9.12. The van der Waals surface area contributed by atoms with Crippen molar-refractivity contribution in [3.8, 4) is 5.69 Å². The van der Waals surface area contributed by atoms with Crippen LogP contribution < -0.4 is 5.32 Å². The first-order valence-corrected chi connectivity index (χ1v) is 12.3. The van der Waals surface area contributed by atoms with E-state index in [-0.39, 0.29) is 12.3 Å². The first-order chi connectivity index (χ1) is 16.6. The summed E-state index contributed by atoms with van der Waals surface area (Å²) in [5, 5.41) is 20.9.